The topological polar surface area (TPSA) is 44.9 Å². The number of likely N-dealkylation sites (tertiary alicyclic amines) is 1. The number of aliphatic imine (C=N–C) groups is 1. The van der Waals surface area contributed by atoms with E-state index in [4.69, 9.17) is 5.73 Å². The molecule has 5 heteroatoms. The van der Waals surface area contributed by atoms with Gasteiger partial charge in [-0.05, 0) is 32.5 Å². The number of nitrogens with two attached hydrogens (primary N) is 1. The summed E-state index contributed by atoms with van der Waals surface area (Å²) in [6.07, 6.45) is 0.946. The highest BCUT2D eigenvalue weighted by Gasteiger charge is 2.50. The molecular formula is C14H19FN4. The van der Waals surface area contributed by atoms with Gasteiger partial charge in [-0.3, -0.25) is 4.99 Å². The van der Waals surface area contributed by atoms with Gasteiger partial charge in [-0.25, -0.2) is 4.39 Å². The highest BCUT2D eigenvalue weighted by atomic mass is 19.1. The first-order valence-corrected chi connectivity index (χ1v) is 6.58. The molecule has 0 saturated carbocycles. The Hall–Kier alpha value is -1.62. The lowest BCUT2D eigenvalue weighted by Crippen LogP contribution is -2.53. The molecule has 3 rings (SSSR count). The molecule has 1 saturated heterocycles. The van der Waals surface area contributed by atoms with E-state index in [1.54, 1.807) is 12.1 Å². The summed E-state index contributed by atoms with van der Waals surface area (Å²) in [7, 11) is 2.09. The Morgan fingerprint density at radius 2 is 2.16 bits per heavy atom. The van der Waals surface area contributed by atoms with E-state index in [0.717, 1.165) is 13.0 Å². The summed E-state index contributed by atoms with van der Waals surface area (Å²) in [4.78, 5) is 8.54. The third-order valence-electron chi connectivity index (χ3n) is 4.30. The smallest absolute Gasteiger partial charge is 0.196 e. The van der Waals surface area contributed by atoms with Crippen molar-refractivity contribution in [2.45, 2.75) is 24.9 Å². The van der Waals surface area contributed by atoms with Crippen molar-refractivity contribution in [3.8, 4) is 0 Å². The van der Waals surface area contributed by atoms with Crippen LogP contribution in [0.15, 0.2) is 29.3 Å². The van der Waals surface area contributed by atoms with E-state index in [9.17, 15) is 4.39 Å². The van der Waals surface area contributed by atoms with Crippen LogP contribution in [0.1, 0.15) is 13.3 Å². The molecule has 1 fully saturated rings. The Bertz CT molecular complexity index is 518. The van der Waals surface area contributed by atoms with Crippen LogP contribution in [-0.2, 0) is 0 Å². The van der Waals surface area contributed by atoms with Crippen molar-refractivity contribution >= 4 is 11.6 Å². The molecule has 0 radical (unpaired) electrons. The summed E-state index contributed by atoms with van der Waals surface area (Å²) in [5, 5.41) is 0. The van der Waals surface area contributed by atoms with Crippen molar-refractivity contribution in [1.82, 2.24) is 4.90 Å². The normalized spacial score (nSPS) is 31.2. The molecule has 0 aromatic heterocycles. The van der Waals surface area contributed by atoms with E-state index in [1.165, 1.54) is 6.07 Å². The molecule has 2 heterocycles. The van der Waals surface area contributed by atoms with Gasteiger partial charge in [0.05, 0.1) is 17.8 Å². The predicted molar refractivity (Wildman–Crippen MR) is 74.8 cm³/mol. The molecule has 0 aliphatic carbocycles. The zero-order valence-electron chi connectivity index (χ0n) is 11.3. The molecule has 1 aromatic carbocycles. The highest BCUT2D eigenvalue weighted by molar-refractivity contribution is 5.98. The van der Waals surface area contributed by atoms with Crippen LogP contribution in [0, 0.1) is 5.82 Å². The maximum atomic E-state index is 14.1. The van der Waals surface area contributed by atoms with Gasteiger partial charge in [0.2, 0.25) is 0 Å². The molecule has 2 atom stereocenters. The first-order chi connectivity index (χ1) is 9.03. The molecule has 102 valence electrons. The SMILES string of the molecule is CC1CC2(CN=C(N)N2c2ccccc2F)CN1C. The van der Waals surface area contributed by atoms with Crippen LogP contribution >= 0.6 is 0 Å². The van der Waals surface area contributed by atoms with Crippen molar-refractivity contribution in [3.63, 3.8) is 0 Å². The van der Waals surface area contributed by atoms with Gasteiger partial charge in [0.25, 0.3) is 0 Å². The van der Waals surface area contributed by atoms with Gasteiger partial charge in [0, 0.05) is 12.6 Å². The van der Waals surface area contributed by atoms with Crippen LogP contribution in [0.5, 0.6) is 0 Å². The van der Waals surface area contributed by atoms with Gasteiger partial charge >= 0.3 is 0 Å². The van der Waals surface area contributed by atoms with Crippen LogP contribution in [0.4, 0.5) is 10.1 Å². The van der Waals surface area contributed by atoms with Gasteiger partial charge in [-0.15, -0.1) is 0 Å². The van der Waals surface area contributed by atoms with Crippen LogP contribution in [0.3, 0.4) is 0 Å². The molecule has 1 aromatic rings. The monoisotopic (exact) mass is 262 g/mol. The van der Waals surface area contributed by atoms with Crippen molar-refractivity contribution < 1.29 is 4.39 Å². The lowest BCUT2D eigenvalue weighted by atomic mass is 9.94. The van der Waals surface area contributed by atoms with Crippen LogP contribution < -0.4 is 10.6 Å². The van der Waals surface area contributed by atoms with Crippen molar-refractivity contribution in [1.29, 1.82) is 0 Å². The molecule has 0 amide bonds. The minimum Gasteiger partial charge on any atom is -0.369 e. The summed E-state index contributed by atoms with van der Waals surface area (Å²) in [6, 6.07) is 7.22. The van der Waals surface area contributed by atoms with E-state index in [0.29, 0.717) is 24.2 Å². The van der Waals surface area contributed by atoms with Crippen molar-refractivity contribution in [3.05, 3.63) is 30.1 Å². The van der Waals surface area contributed by atoms with Gasteiger partial charge in [0.15, 0.2) is 5.96 Å². The van der Waals surface area contributed by atoms with Gasteiger partial charge < -0.3 is 15.5 Å². The lowest BCUT2D eigenvalue weighted by Gasteiger charge is -2.36. The van der Waals surface area contributed by atoms with Crippen LogP contribution in [-0.4, -0.2) is 42.6 Å². The molecule has 0 bridgehead atoms. The first kappa shape index (κ1) is 12.4. The zero-order valence-corrected chi connectivity index (χ0v) is 11.3. The molecule has 2 aliphatic heterocycles. The largest absolute Gasteiger partial charge is 0.369 e. The second kappa shape index (κ2) is 4.20. The number of rotatable bonds is 1. The first-order valence-electron chi connectivity index (χ1n) is 6.58. The number of para-hydroxylation sites is 1. The highest BCUT2D eigenvalue weighted by Crippen LogP contribution is 2.38. The van der Waals surface area contributed by atoms with Gasteiger partial charge in [-0.1, -0.05) is 12.1 Å². The number of anilines is 1. The summed E-state index contributed by atoms with van der Waals surface area (Å²) in [6.45, 7) is 3.68. The number of nitrogens with zero attached hydrogens (tertiary/aromatic N) is 3. The van der Waals surface area contributed by atoms with E-state index >= 15 is 0 Å². The minimum absolute atomic E-state index is 0.194. The maximum Gasteiger partial charge on any atom is 0.196 e. The number of hydrogen-bond acceptors (Lipinski definition) is 4. The second-order valence-electron chi connectivity index (χ2n) is 5.65. The maximum absolute atomic E-state index is 14.1. The fraction of sp³-hybridized carbons (Fsp3) is 0.500. The summed E-state index contributed by atoms with van der Waals surface area (Å²) >= 11 is 0. The van der Waals surface area contributed by atoms with Gasteiger partial charge in [0.1, 0.15) is 5.82 Å². The third kappa shape index (κ3) is 1.80. The van der Waals surface area contributed by atoms with E-state index in [2.05, 4.69) is 23.9 Å². The third-order valence-corrected chi connectivity index (χ3v) is 4.30. The van der Waals surface area contributed by atoms with Crippen LogP contribution in [0.25, 0.3) is 0 Å². The number of hydrogen-bond donors (Lipinski definition) is 1. The number of halogens is 1. The quantitative estimate of drug-likeness (QED) is 0.832. The Kier molecular flexibility index (Phi) is 2.74. The zero-order chi connectivity index (χ0) is 13.6. The van der Waals surface area contributed by atoms with E-state index < -0.39 is 0 Å². The molecule has 2 unspecified atom stereocenters. The summed E-state index contributed by atoms with van der Waals surface area (Å²) in [5.74, 6) is 0.178. The summed E-state index contributed by atoms with van der Waals surface area (Å²) in [5.41, 5.74) is 6.35. The molecule has 1 spiro atoms. The van der Waals surface area contributed by atoms with Crippen molar-refractivity contribution in [2.24, 2.45) is 10.7 Å². The molecule has 2 aliphatic rings. The average Bonchev–Trinajstić information content (AvgIpc) is 2.82. The number of likely N-dealkylation sites (N-methyl/N-ethyl adjacent to an activating group) is 1. The summed E-state index contributed by atoms with van der Waals surface area (Å²) < 4.78 is 14.1. The van der Waals surface area contributed by atoms with Crippen LogP contribution in [0.2, 0.25) is 0 Å². The molecule has 4 nitrogen and oxygen atoms in total. The fourth-order valence-corrected chi connectivity index (χ4v) is 3.29. The number of benzene rings is 1. The molecule has 2 N–H and O–H groups in total. The minimum atomic E-state index is -0.246. The standard InChI is InChI=1S/C14H19FN4/c1-10-7-14(9-18(10)2)8-17-13(16)19(14)12-6-4-3-5-11(12)15/h3-6,10H,7-9H2,1-2H3,(H2,16,17). The van der Waals surface area contributed by atoms with E-state index in [1.807, 2.05) is 11.0 Å². The Labute approximate surface area is 112 Å². The Morgan fingerprint density at radius 3 is 2.79 bits per heavy atom. The molecular weight excluding hydrogens is 243 g/mol. The van der Waals surface area contributed by atoms with Crippen molar-refractivity contribution in [2.75, 3.05) is 25.0 Å². The average molecular weight is 262 g/mol. The second-order valence-corrected chi connectivity index (χ2v) is 5.65. The lowest BCUT2D eigenvalue weighted by molar-refractivity contribution is 0.321. The number of guanidine groups is 1. The Morgan fingerprint density at radius 1 is 1.42 bits per heavy atom. The Balaban J connectivity index is 2.03. The van der Waals surface area contributed by atoms with Gasteiger partial charge in [-0.2, -0.15) is 0 Å². The fourth-order valence-electron chi connectivity index (χ4n) is 3.29. The molecule has 19 heavy (non-hydrogen) atoms. The predicted octanol–water partition coefficient (Wildman–Crippen LogP) is 1.42. The van der Waals surface area contributed by atoms with E-state index in [-0.39, 0.29) is 11.4 Å².